The van der Waals surface area contributed by atoms with Crippen molar-refractivity contribution in [3.05, 3.63) is 164 Å². The van der Waals surface area contributed by atoms with E-state index >= 15 is 0 Å². The highest BCUT2D eigenvalue weighted by atomic mass is 35.5. The SMILES string of the molecule is COc1ccc(COC(=O)C2=C(C[N+]3(CCN4CCc5c(cc(OCc6ccc(OC)cc6)c(OCc6ccc(OC)cc6)c5Cl)C4=O)CCCC3)CS[C@@H]3[C@H](NC(=O)C(=NO[C@@H](CC(=O)OC(C)(C)C)C(=O)OCc4ccc(OC)cc4)c4csc(NC(=O)OC(C)(C)C)n4)C(=O)N23)cc1. The molecule has 2 N–H and O–H groups in total. The molecule has 0 bridgehead atoms. The van der Waals surface area contributed by atoms with E-state index in [1.165, 1.54) is 29.2 Å². The first-order valence-corrected chi connectivity index (χ1v) is 35.1. The van der Waals surface area contributed by atoms with Gasteiger partial charge >= 0.3 is 24.0 Å². The largest absolute Gasteiger partial charge is 0.497 e. The van der Waals surface area contributed by atoms with Gasteiger partial charge in [0.15, 0.2) is 22.3 Å². The third kappa shape index (κ3) is 19.1. The first-order chi connectivity index (χ1) is 48.3. The number of fused-ring (bicyclic) bond motifs is 2. The van der Waals surface area contributed by atoms with Crippen molar-refractivity contribution in [1.82, 2.24) is 20.1 Å². The number of nitrogens with one attached hydrogen (secondary N) is 2. The van der Waals surface area contributed by atoms with Gasteiger partial charge in [-0.1, -0.05) is 65.3 Å². The number of hydrogen-bond acceptors (Lipinski definition) is 22. The third-order valence-corrected chi connectivity index (χ3v) is 19.4. The highest BCUT2D eigenvalue weighted by Gasteiger charge is 2.56. The predicted octanol–water partition coefficient (Wildman–Crippen LogP) is 10.6. The second-order valence-corrected chi connectivity index (χ2v) is 28.8. The number of ether oxygens (including phenoxy) is 10. The fraction of sp³-hybridized carbons (Fsp3) is 0.411. The molecule has 0 saturated carbocycles. The lowest BCUT2D eigenvalue weighted by Gasteiger charge is -2.50. The number of hydrogen-bond donors (Lipinski definition) is 2. The number of amides is 4. The molecule has 4 aliphatic rings. The molecular weight excluding hydrogens is 1360 g/mol. The second kappa shape index (κ2) is 32.8. The van der Waals surface area contributed by atoms with Crippen LogP contribution in [0, 0.1) is 0 Å². The molecule has 2 fully saturated rings. The average molecular weight is 1450 g/mol. The Bertz CT molecular complexity index is 4060. The highest BCUT2D eigenvalue weighted by molar-refractivity contribution is 8.00. The lowest BCUT2D eigenvalue weighted by atomic mass is 9.97. The monoisotopic (exact) mass is 1440 g/mol. The first kappa shape index (κ1) is 74.1. The molecule has 1 aromatic heterocycles. The van der Waals surface area contributed by atoms with Crippen molar-refractivity contribution in [2.45, 2.75) is 122 Å². The summed E-state index contributed by atoms with van der Waals surface area (Å²) in [4.78, 5) is 113. The average Bonchev–Trinajstić information content (AvgIpc) is 1.04. The Hall–Kier alpha value is -9.57. The van der Waals surface area contributed by atoms with Gasteiger partial charge in [0.05, 0.1) is 66.1 Å². The number of halogens is 1. The number of aromatic nitrogens is 1. The Kier molecular flexibility index (Phi) is 24.1. The van der Waals surface area contributed by atoms with E-state index in [2.05, 4.69) is 20.8 Å². The van der Waals surface area contributed by atoms with Gasteiger partial charge in [0.2, 0.25) is 6.10 Å². The third-order valence-electron chi connectivity index (χ3n) is 16.9. The van der Waals surface area contributed by atoms with Crippen molar-refractivity contribution in [2.24, 2.45) is 5.16 Å². The molecule has 0 radical (unpaired) electrons. The van der Waals surface area contributed by atoms with Crippen molar-refractivity contribution in [1.29, 1.82) is 0 Å². The fourth-order valence-corrected chi connectivity index (χ4v) is 14.1. The topological polar surface area (TPSA) is 277 Å². The molecule has 0 aliphatic carbocycles. The molecule has 2 saturated heterocycles. The smallest absolute Gasteiger partial charge is 0.413 e. The van der Waals surface area contributed by atoms with Crippen LogP contribution in [-0.4, -0.2) is 169 Å². The summed E-state index contributed by atoms with van der Waals surface area (Å²) in [6.07, 6.45) is -1.14. The number of thioether (sulfide) groups is 1. The van der Waals surface area contributed by atoms with Crippen LogP contribution in [0.2, 0.25) is 5.02 Å². The molecule has 28 heteroatoms. The van der Waals surface area contributed by atoms with Crippen LogP contribution in [0.3, 0.4) is 0 Å². The molecule has 6 aromatic rings. The minimum absolute atomic E-state index is 0.0116. The zero-order chi connectivity index (χ0) is 72.2. The van der Waals surface area contributed by atoms with Gasteiger partial charge in [-0.3, -0.25) is 29.4 Å². The molecule has 0 spiro atoms. The van der Waals surface area contributed by atoms with E-state index in [0.29, 0.717) is 99.4 Å². The zero-order valence-corrected chi connectivity index (χ0v) is 60.4. The lowest BCUT2D eigenvalue weighted by molar-refractivity contribution is -0.911. The number of esters is 3. The van der Waals surface area contributed by atoms with Gasteiger partial charge in [-0.2, -0.15) is 0 Å². The number of methoxy groups -OCH3 is 4. The quantitative estimate of drug-likeness (QED) is 0.0110. The molecule has 101 heavy (non-hydrogen) atoms. The summed E-state index contributed by atoms with van der Waals surface area (Å²) >= 11 is 9.50. The predicted molar refractivity (Wildman–Crippen MR) is 376 cm³/mol. The number of rotatable bonds is 29. The van der Waals surface area contributed by atoms with Crippen LogP contribution in [0.5, 0.6) is 34.5 Å². The minimum atomic E-state index is -1.78. The number of oxime groups is 1. The molecule has 5 aromatic carbocycles. The standard InChI is InChI=1S/C73H82ClN7O18S2/c1-72(2,3)97-58(82)36-57(68(86)95-40-46-17-25-51(91-9)26-18-46)99-78-60(55-43-101-70(75-55)77-71(88)98-73(4,5)6)64(83)76-61-66(85)80-62(69(87)96-41-47-19-27-52(92-10)28-20-47)48(42-100-67(61)80)37-81(32-11-12-33-81)34-31-79-30-29-53-54(65(79)84)35-56(93-38-44-13-21-49(89-7)22-14-44)63(59(53)74)94-39-45-15-23-50(90-8)24-16-45/h13-28,35,43,57,61,67H,11-12,29-34,36-42H2,1-10H3,(H-,75,76,77,83,88)/p+1/t57-,61+,67+/m0/s1. The van der Waals surface area contributed by atoms with Crippen molar-refractivity contribution < 1.29 is 90.3 Å². The minimum Gasteiger partial charge on any atom is -0.497 e. The van der Waals surface area contributed by atoms with Gasteiger partial charge in [0, 0.05) is 41.7 Å². The summed E-state index contributed by atoms with van der Waals surface area (Å²) in [6, 6.07) is 29.1. The number of carbonyl (C=O) groups is 7. The first-order valence-electron chi connectivity index (χ1n) is 32.8. The van der Waals surface area contributed by atoms with Crippen molar-refractivity contribution >= 4 is 87.3 Å². The Morgan fingerprint density at radius 1 is 0.723 bits per heavy atom. The molecule has 4 amide bonds. The number of β-lactam (4-membered cyclic amide) rings is 1. The molecule has 4 aliphatic heterocycles. The van der Waals surface area contributed by atoms with Gasteiger partial charge < -0.3 is 66.9 Å². The summed E-state index contributed by atoms with van der Waals surface area (Å²) in [6.45, 7) is 12.9. The summed E-state index contributed by atoms with van der Waals surface area (Å²) in [5, 5.41) is 10.3. The number of quaternary nitrogens is 1. The van der Waals surface area contributed by atoms with Crippen LogP contribution < -0.4 is 39.1 Å². The number of likely N-dealkylation sites (tertiary alicyclic amines) is 1. The second-order valence-electron chi connectivity index (χ2n) is 26.4. The molecule has 25 nitrogen and oxygen atoms in total. The molecule has 3 atom stereocenters. The van der Waals surface area contributed by atoms with Gasteiger partial charge in [-0.25, -0.2) is 19.4 Å². The normalized spacial score (nSPS) is 16.7. The van der Waals surface area contributed by atoms with E-state index in [4.69, 9.17) is 63.8 Å². The Morgan fingerprint density at radius 2 is 1.27 bits per heavy atom. The molecular formula is C73H83ClN7O18S2+. The molecule has 536 valence electrons. The van der Waals surface area contributed by atoms with E-state index in [1.54, 1.807) is 117 Å². The number of carbonyl (C=O) groups excluding carboxylic acids is 7. The molecule has 0 unspecified atom stereocenters. The van der Waals surface area contributed by atoms with Crippen LogP contribution in [0.1, 0.15) is 105 Å². The van der Waals surface area contributed by atoms with Crippen LogP contribution >= 0.6 is 34.7 Å². The van der Waals surface area contributed by atoms with Crippen molar-refractivity contribution in [3.8, 4) is 34.5 Å². The number of anilines is 1. The summed E-state index contributed by atoms with van der Waals surface area (Å²) in [5.74, 6) is -1.09. The Morgan fingerprint density at radius 3 is 1.82 bits per heavy atom. The zero-order valence-electron chi connectivity index (χ0n) is 58.0. The van der Waals surface area contributed by atoms with E-state index in [9.17, 15) is 33.6 Å². The van der Waals surface area contributed by atoms with Crippen LogP contribution in [0.25, 0.3) is 0 Å². The lowest BCUT2D eigenvalue weighted by Crippen LogP contribution is -2.71. The van der Waals surface area contributed by atoms with E-state index < -0.39 is 76.7 Å². The Labute approximate surface area is 599 Å². The number of benzene rings is 5. The summed E-state index contributed by atoms with van der Waals surface area (Å²) in [7, 11) is 6.25. The van der Waals surface area contributed by atoms with Crippen molar-refractivity contribution in [3.63, 3.8) is 0 Å². The van der Waals surface area contributed by atoms with Crippen LogP contribution in [0.15, 0.2) is 125 Å². The summed E-state index contributed by atoms with van der Waals surface area (Å²) < 4.78 is 57.3. The maximum Gasteiger partial charge on any atom is 0.413 e. The maximum atomic E-state index is 15.0. The molecule has 10 rings (SSSR count). The highest BCUT2D eigenvalue weighted by Crippen LogP contribution is 2.45. The number of nitrogens with zero attached hydrogens (tertiary/aromatic N) is 5. The van der Waals surface area contributed by atoms with Crippen molar-refractivity contribution in [2.75, 3.05) is 78.8 Å². The van der Waals surface area contributed by atoms with E-state index in [1.807, 2.05) is 53.4 Å². The maximum absolute atomic E-state index is 15.0. The fourth-order valence-electron chi connectivity index (χ4n) is 11.8. The van der Waals surface area contributed by atoms with E-state index in [0.717, 1.165) is 48.4 Å². The van der Waals surface area contributed by atoms with E-state index in [-0.39, 0.29) is 59.6 Å². The van der Waals surface area contributed by atoms with Gasteiger partial charge in [0.25, 0.3) is 17.7 Å². The molecule has 5 heterocycles. The van der Waals surface area contributed by atoms with Crippen LogP contribution in [0.4, 0.5) is 9.93 Å². The van der Waals surface area contributed by atoms with Gasteiger partial charge in [0.1, 0.15) is 90.0 Å². The van der Waals surface area contributed by atoms with Gasteiger partial charge in [-0.15, -0.1) is 23.1 Å². The van der Waals surface area contributed by atoms with Crippen LogP contribution in [-0.2, 0) is 80.6 Å². The number of thiazole rings is 1. The van der Waals surface area contributed by atoms with Gasteiger partial charge in [-0.05, 0) is 130 Å². The summed E-state index contributed by atoms with van der Waals surface area (Å²) in [5.41, 5.74) is 2.12. The Balaban J connectivity index is 0.907.